The number of esters is 3. The van der Waals surface area contributed by atoms with Crippen molar-refractivity contribution in [1.29, 1.82) is 0 Å². The minimum Gasteiger partial charge on any atom is -0.462 e. The Bertz CT molecular complexity index is 1490. The molecule has 0 aromatic rings. The Hall–Kier alpha value is -3.67. The number of carbonyl (C=O) groups is 3. The monoisotopic (exact) mass is 1060 g/mol. The summed E-state index contributed by atoms with van der Waals surface area (Å²) in [5.74, 6) is -0.934. The van der Waals surface area contributed by atoms with E-state index in [0.717, 1.165) is 135 Å². The van der Waals surface area contributed by atoms with Gasteiger partial charge in [0.2, 0.25) is 0 Å². The number of unbranched alkanes of at least 4 members (excludes halogenated alkanes) is 31. The Labute approximate surface area is 470 Å². The highest BCUT2D eigenvalue weighted by atomic mass is 16.6. The molecule has 6 nitrogen and oxygen atoms in total. The van der Waals surface area contributed by atoms with Gasteiger partial charge < -0.3 is 14.2 Å². The number of allylic oxidation sites excluding steroid dienone is 16. The molecule has 0 rings (SSSR count). The predicted molar refractivity (Wildman–Crippen MR) is 330 cm³/mol. The van der Waals surface area contributed by atoms with Crippen LogP contribution in [0, 0.1) is 0 Å². The van der Waals surface area contributed by atoms with Gasteiger partial charge in [0, 0.05) is 19.3 Å². The lowest BCUT2D eigenvalue weighted by molar-refractivity contribution is -0.167. The molecular formula is C70H120O6. The number of carbonyl (C=O) groups excluding carboxylic acids is 3. The molecule has 0 saturated heterocycles. The molecule has 76 heavy (non-hydrogen) atoms. The summed E-state index contributed by atoms with van der Waals surface area (Å²) in [6.07, 6.45) is 85.6. The summed E-state index contributed by atoms with van der Waals surface area (Å²) in [6, 6.07) is 0. The fourth-order valence-electron chi connectivity index (χ4n) is 9.07. The smallest absolute Gasteiger partial charge is 0.306 e. The van der Waals surface area contributed by atoms with Crippen LogP contribution >= 0.6 is 0 Å². The van der Waals surface area contributed by atoms with Crippen LogP contribution in [0.5, 0.6) is 0 Å². The third-order valence-electron chi connectivity index (χ3n) is 13.8. The first-order valence-corrected chi connectivity index (χ1v) is 32.2. The van der Waals surface area contributed by atoms with Crippen molar-refractivity contribution in [3.63, 3.8) is 0 Å². The van der Waals surface area contributed by atoms with Gasteiger partial charge in [-0.15, -0.1) is 0 Å². The Morgan fingerprint density at radius 2 is 0.513 bits per heavy atom. The largest absolute Gasteiger partial charge is 0.462 e. The molecule has 0 aliphatic carbocycles. The zero-order valence-corrected chi connectivity index (χ0v) is 50.0. The third-order valence-corrected chi connectivity index (χ3v) is 13.8. The van der Waals surface area contributed by atoms with Crippen molar-refractivity contribution in [2.24, 2.45) is 0 Å². The normalized spacial score (nSPS) is 12.7. The maximum Gasteiger partial charge on any atom is 0.306 e. The van der Waals surface area contributed by atoms with Gasteiger partial charge in [-0.3, -0.25) is 14.4 Å². The van der Waals surface area contributed by atoms with Crippen molar-refractivity contribution in [1.82, 2.24) is 0 Å². The molecule has 0 amide bonds. The second-order valence-electron chi connectivity index (χ2n) is 21.3. The van der Waals surface area contributed by atoms with Crippen LogP contribution in [0.3, 0.4) is 0 Å². The molecular weight excluding hydrogens is 937 g/mol. The molecule has 6 heteroatoms. The summed E-state index contributed by atoms with van der Waals surface area (Å²) in [5, 5.41) is 0. The minimum atomic E-state index is -0.803. The molecule has 0 aromatic carbocycles. The van der Waals surface area contributed by atoms with E-state index in [1.807, 2.05) is 0 Å². The van der Waals surface area contributed by atoms with Crippen LogP contribution in [0.25, 0.3) is 0 Å². The Morgan fingerprint density at radius 3 is 0.816 bits per heavy atom. The summed E-state index contributed by atoms with van der Waals surface area (Å²) in [4.78, 5) is 38.3. The average molecular weight is 1060 g/mol. The first-order valence-electron chi connectivity index (χ1n) is 32.2. The zero-order chi connectivity index (χ0) is 55.0. The second-order valence-corrected chi connectivity index (χ2v) is 21.3. The van der Waals surface area contributed by atoms with E-state index in [4.69, 9.17) is 14.2 Å². The molecule has 0 spiro atoms. The first kappa shape index (κ1) is 72.3. The summed E-state index contributed by atoms with van der Waals surface area (Å²) < 4.78 is 16.9. The van der Waals surface area contributed by atoms with Gasteiger partial charge in [-0.25, -0.2) is 0 Å². The molecule has 0 saturated carbocycles. The van der Waals surface area contributed by atoms with Gasteiger partial charge in [0.1, 0.15) is 13.2 Å². The Morgan fingerprint density at radius 1 is 0.276 bits per heavy atom. The number of hydrogen-bond acceptors (Lipinski definition) is 6. The van der Waals surface area contributed by atoms with Crippen molar-refractivity contribution in [2.75, 3.05) is 13.2 Å². The summed E-state index contributed by atoms with van der Waals surface area (Å²) in [7, 11) is 0. The van der Waals surface area contributed by atoms with Gasteiger partial charge >= 0.3 is 17.9 Å². The van der Waals surface area contributed by atoms with Crippen LogP contribution in [-0.4, -0.2) is 37.2 Å². The lowest BCUT2D eigenvalue weighted by Crippen LogP contribution is -2.30. The van der Waals surface area contributed by atoms with E-state index < -0.39 is 6.10 Å². The quantitative estimate of drug-likeness (QED) is 0.0261. The molecule has 0 bridgehead atoms. The van der Waals surface area contributed by atoms with Crippen molar-refractivity contribution in [3.05, 3.63) is 97.2 Å². The molecule has 1 atom stereocenters. The topological polar surface area (TPSA) is 78.9 Å². The Kier molecular flexibility index (Phi) is 60.8. The van der Waals surface area contributed by atoms with Crippen molar-refractivity contribution < 1.29 is 28.6 Å². The number of ether oxygens (including phenoxy) is 3. The number of rotatable bonds is 58. The van der Waals surface area contributed by atoms with Crippen LogP contribution in [-0.2, 0) is 28.6 Å². The molecule has 0 aliphatic rings. The summed E-state index contributed by atoms with van der Waals surface area (Å²) in [5.41, 5.74) is 0. The highest BCUT2D eigenvalue weighted by Crippen LogP contribution is 2.17. The van der Waals surface area contributed by atoms with Crippen LogP contribution in [0.4, 0.5) is 0 Å². The van der Waals surface area contributed by atoms with Crippen LogP contribution in [0.15, 0.2) is 97.2 Å². The molecule has 436 valence electrons. The van der Waals surface area contributed by atoms with Gasteiger partial charge in [-0.2, -0.15) is 0 Å². The second kappa shape index (κ2) is 63.9. The van der Waals surface area contributed by atoms with Gasteiger partial charge in [0.15, 0.2) is 6.10 Å². The van der Waals surface area contributed by atoms with Gasteiger partial charge in [0.05, 0.1) is 0 Å². The molecule has 0 aliphatic heterocycles. The van der Waals surface area contributed by atoms with Gasteiger partial charge in [-0.05, 0) is 96.3 Å². The summed E-state index contributed by atoms with van der Waals surface area (Å²) in [6.45, 7) is 6.41. The molecule has 0 fully saturated rings. The first-order chi connectivity index (χ1) is 37.5. The van der Waals surface area contributed by atoms with E-state index in [9.17, 15) is 14.4 Å². The Balaban J connectivity index is 4.37. The maximum atomic E-state index is 12.9. The van der Waals surface area contributed by atoms with Crippen LogP contribution in [0.1, 0.15) is 310 Å². The van der Waals surface area contributed by atoms with Crippen LogP contribution < -0.4 is 0 Å². The van der Waals surface area contributed by atoms with Crippen LogP contribution in [0.2, 0.25) is 0 Å². The minimum absolute atomic E-state index is 0.0949. The van der Waals surface area contributed by atoms with E-state index >= 15 is 0 Å². The zero-order valence-electron chi connectivity index (χ0n) is 50.0. The van der Waals surface area contributed by atoms with Gasteiger partial charge in [-0.1, -0.05) is 291 Å². The van der Waals surface area contributed by atoms with E-state index in [1.165, 1.54) is 135 Å². The molecule has 0 heterocycles. The maximum absolute atomic E-state index is 12.9. The fraction of sp³-hybridized carbons (Fsp3) is 0.729. The summed E-state index contributed by atoms with van der Waals surface area (Å²) >= 11 is 0. The highest BCUT2D eigenvalue weighted by Gasteiger charge is 2.19. The lowest BCUT2D eigenvalue weighted by atomic mass is 10.0. The van der Waals surface area contributed by atoms with E-state index in [0.29, 0.717) is 12.8 Å². The van der Waals surface area contributed by atoms with Crippen molar-refractivity contribution in [3.8, 4) is 0 Å². The van der Waals surface area contributed by atoms with E-state index in [-0.39, 0.29) is 37.5 Å². The standard InChI is InChI=1S/C70H120O6/c1-4-7-10-13-16-19-22-25-28-30-32-33-34-35-36-38-39-42-45-48-51-54-57-60-63-69(72)75-66-67(65-74-68(71)62-59-56-53-50-47-44-41-27-24-21-18-15-12-9-6-3)76-70(73)64-61-58-55-52-49-46-43-40-37-31-29-26-23-20-17-14-11-8-5-2/h8-9,11-12,17-18,20-21,26-27,29,37,40-41,46,49,67H,4-7,10,13-16,19,22-25,28,30-36,38-39,42-45,47-48,50-66H2,1-3H3/b11-8-,12-9-,20-17-,21-18-,29-26-,40-37-,41-27-,49-46-. The fourth-order valence-corrected chi connectivity index (χ4v) is 9.07. The SMILES string of the molecule is CC/C=C\C/C=C\C/C=C\C/C=C\C/C=C\CCCCCC(=O)OC(COC(=O)CCCCCCC/C=C\C/C=C\C/C=C\CC)COC(=O)CCCCCCCCCCCCCCCCCCCCCCCCCC. The lowest BCUT2D eigenvalue weighted by Gasteiger charge is -2.18. The number of hydrogen-bond donors (Lipinski definition) is 0. The van der Waals surface area contributed by atoms with Crippen molar-refractivity contribution in [2.45, 2.75) is 316 Å². The predicted octanol–water partition coefficient (Wildman–Crippen LogP) is 22.0. The molecule has 1 unspecified atom stereocenters. The van der Waals surface area contributed by atoms with Gasteiger partial charge in [0.25, 0.3) is 0 Å². The molecule has 0 aromatic heterocycles. The van der Waals surface area contributed by atoms with Crippen molar-refractivity contribution >= 4 is 17.9 Å². The van der Waals surface area contributed by atoms with E-state index in [1.54, 1.807) is 0 Å². The highest BCUT2D eigenvalue weighted by molar-refractivity contribution is 5.71. The molecule has 0 N–H and O–H groups in total. The average Bonchev–Trinajstić information content (AvgIpc) is 3.42. The molecule has 0 radical (unpaired) electrons. The third kappa shape index (κ3) is 61.2. The van der Waals surface area contributed by atoms with E-state index in [2.05, 4.69) is 118 Å².